The number of aryl methyl sites for hydroxylation is 2. The number of phenols is 1. The van der Waals surface area contributed by atoms with Gasteiger partial charge < -0.3 is 9.84 Å². The Hall–Kier alpha value is -3.42. The molecule has 0 aromatic heterocycles. The van der Waals surface area contributed by atoms with Crippen molar-refractivity contribution < 1.29 is 19.6 Å². The molecule has 0 fully saturated rings. The number of nitro benzene ring substituents is 1. The molecule has 1 amide bonds. The van der Waals surface area contributed by atoms with Crippen molar-refractivity contribution in [1.29, 1.82) is 0 Å². The minimum atomic E-state index is -0.705. The Morgan fingerprint density at radius 2 is 2.08 bits per heavy atom. The molecule has 25 heavy (non-hydrogen) atoms. The van der Waals surface area contributed by atoms with Gasteiger partial charge in [0.05, 0.1) is 11.1 Å². The van der Waals surface area contributed by atoms with Crippen LogP contribution in [0.4, 0.5) is 5.69 Å². The molecule has 0 radical (unpaired) electrons. The van der Waals surface area contributed by atoms with Crippen LogP contribution in [0.3, 0.4) is 0 Å². The Morgan fingerprint density at radius 1 is 1.32 bits per heavy atom. The highest BCUT2D eigenvalue weighted by atomic mass is 16.6. The van der Waals surface area contributed by atoms with Crippen LogP contribution in [0.25, 0.3) is 0 Å². The Balaban J connectivity index is 1.91. The highest BCUT2D eigenvalue weighted by Gasteiger charge is 2.12. The number of benzene rings is 2. The van der Waals surface area contributed by atoms with Crippen molar-refractivity contribution in [3.8, 4) is 11.5 Å². The lowest BCUT2D eigenvalue weighted by molar-refractivity contribution is -0.385. The van der Waals surface area contributed by atoms with Crippen LogP contribution in [0.5, 0.6) is 11.5 Å². The second kappa shape index (κ2) is 7.91. The van der Waals surface area contributed by atoms with Crippen molar-refractivity contribution in [2.45, 2.75) is 13.8 Å². The molecule has 0 spiro atoms. The molecular formula is C17H17N3O5. The molecule has 8 nitrogen and oxygen atoms in total. The molecule has 2 N–H and O–H groups in total. The second-order valence-corrected chi connectivity index (χ2v) is 5.36. The zero-order valence-electron chi connectivity index (χ0n) is 13.7. The van der Waals surface area contributed by atoms with Gasteiger partial charge in [0, 0.05) is 11.6 Å². The summed E-state index contributed by atoms with van der Waals surface area (Å²) in [6.45, 7) is 3.59. The SMILES string of the molecule is Cc1ccc(C)c(OCC(=O)NN=Cc2ccc(O)c([N+](=O)[O-])c2)c1. The number of nitro groups is 1. The molecule has 2 rings (SSSR count). The summed E-state index contributed by atoms with van der Waals surface area (Å²) in [5.41, 5.74) is 4.13. The van der Waals surface area contributed by atoms with Gasteiger partial charge in [0.25, 0.3) is 5.91 Å². The van der Waals surface area contributed by atoms with Crippen LogP contribution in [0.1, 0.15) is 16.7 Å². The summed E-state index contributed by atoms with van der Waals surface area (Å²) in [5, 5.41) is 23.8. The number of amides is 1. The minimum Gasteiger partial charge on any atom is -0.502 e. The van der Waals surface area contributed by atoms with Crippen LogP contribution in [0.15, 0.2) is 41.5 Å². The van der Waals surface area contributed by atoms with Crippen molar-refractivity contribution in [3.05, 3.63) is 63.2 Å². The number of carbonyl (C=O) groups excluding carboxylic acids is 1. The lowest BCUT2D eigenvalue weighted by atomic mass is 10.1. The van der Waals surface area contributed by atoms with E-state index in [9.17, 15) is 20.0 Å². The van der Waals surface area contributed by atoms with Crippen LogP contribution < -0.4 is 10.2 Å². The molecule has 8 heteroatoms. The van der Waals surface area contributed by atoms with E-state index in [1.807, 2.05) is 32.0 Å². The largest absolute Gasteiger partial charge is 0.502 e. The van der Waals surface area contributed by atoms with Crippen LogP contribution in [0, 0.1) is 24.0 Å². The summed E-state index contributed by atoms with van der Waals surface area (Å²) < 4.78 is 5.44. The smallest absolute Gasteiger partial charge is 0.311 e. The molecule has 2 aromatic carbocycles. The highest BCUT2D eigenvalue weighted by molar-refractivity contribution is 5.84. The molecule has 130 valence electrons. The van der Waals surface area contributed by atoms with E-state index < -0.39 is 22.3 Å². The lowest BCUT2D eigenvalue weighted by Gasteiger charge is -2.08. The van der Waals surface area contributed by atoms with Gasteiger partial charge in [0.15, 0.2) is 12.4 Å². The van der Waals surface area contributed by atoms with E-state index in [-0.39, 0.29) is 6.61 Å². The van der Waals surface area contributed by atoms with Gasteiger partial charge in [0.2, 0.25) is 0 Å². The second-order valence-electron chi connectivity index (χ2n) is 5.36. The Kier molecular flexibility index (Phi) is 5.67. The number of hydrogen-bond donors (Lipinski definition) is 2. The fourth-order valence-electron chi connectivity index (χ4n) is 1.98. The molecule has 0 saturated heterocycles. The van der Waals surface area contributed by atoms with E-state index in [4.69, 9.17) is 4.74 Å². The normalized spacial score (nSPS) is 10.6. The van der Waals surface area contributed by atoms with Crippen LogP contribution in [-0.2, 0) is 4.79 Å². The topological polar surface area (TPSA) is 114 Å². The zero-order chi connectivity index (χ0) is 18.4. The van der Waals surface area contributed by atoms with Gasteiger partial charge in [-0.1, -0.05) is 12.1 Å². The van der Waals surface area contributed by atoms with Crippen LogP contribution in [-0.4, -0.2) is 28.8 Å². The maximum absolute atomic E-state index is 11.7. The highest BCUT2D eigenvalue weighted by Crippen LogP contribution is 2.25. The number of nitrogens with zero attached hydrogens (tertiary/aromatic N) is 2. The van der Waals surface area contributed by atoms with Gasteiger partial charge in [0.1, 0.15) is 5.75 Å². The summed E-state index contributed by atoms with van der Waals surface area (Å²) >= 11 is 0. The first-order chi connectivity index (χ1) is 11.9. The van der Waals surface area contributed by atoms with E-state index in [2.05, 4.69) is 10.5 Å². The van der Waals surface area contributed by atoms with Crippen molar-refractivity contribution in [2.75, 3.05) is 6.61 Å². The van der Waals surface area contributed by atoms with E-state index in [0.717, 1.165) is 17.2 Å². The van der Waals surface area contributed by atoms with E-state index in [0.29, 0.717) is 11.3 Å². The zero-order valence-corrected chi connectivity index (χ0v) is 13.7. The molecular weight excluding hydrogens is 326 g/mol. The van der Waals surface area contributed by atoms with Gasteiger partial charge in [-0.2, -0.15) is 5.10 Å². The van der Waals surface area contributed by atoms with Crippen molar-refractivity contribution in [1.82, 2.24) is 5.43 Å². The molecule has 0 bridgehead atoms. The molecule has 0 saturated carbocycles. The Morgan fingerprint density at radius 3 is 2.80 bits per heavy atom. The third-order valence-electron chi connectivity index (χ3n) is 3.30. The van der Waals surface area contributed by atoms with Gasteiger partial charge >= 0.3 is 5.69 Å². The summed E-state index contributed by atoms with van der Waals surface area (Å²) in [6.07, 6.45) is 1.24. The molecule has 0 atom stereocenters. The summed E-state index contributed by atoms with van der Waals surface area (Å²) in [7, 11) is 0. The van der Waals surface area contributed by atoms with E-state index >= 15 is 0 Å². The first-order valence-corrected chi connectivity index (χ1v) is 7.36. The average Bonchev–Trinajstić information content (AvgIpc) is 2.57. The third-order valence-corrected chi connectivity index (χ3v) is 3.30. The number of carbonyl (C=O) groups is 1. The molecule has 0 unspecified atom stereocenters. The standard InChI is InChI=1S/C17H17N3O5/c1-11-3-4-12(2)16(7-11)25-10-17(22)19-18-9-13-5-6-15(21)14(8-13)20(23)24/h3-9,21H,10H2,1-2H3,(H,19,22). The summed E-state index contributed by atoms with van der Waals surface area (Å²) in [5.74, 6) is -0.285. The molecule has 0 heterocycles. The van der Waals surface area contributed by atoms with E-state index in [1.54, 1.807) is 0 Å². The van der Waals surface area contributed by atoms with Crippen molar-refractivity contribution in [2.24, 2.45) is 5.10 Å². The summed E-state index contributed by atoms with van der Waals surface area (Å²) in [6, 6.07) is 9.45. The maximum atomic E-state index is 11.7. The van der Waals surface area contributed by atoms with Crippen molar-refractivity contribution in [3.63, 3.8) is 0 Å². The molecule has 0 aliphatic heterocycles. The number of hydrazone groups is 1. The fourth-order valence-corrected chi connectivity index (χ4v) is 1.98. The third kappa shape index (κ3) is 5.03. The number of hydrogen-bond acceptors (Lipinski definition) is 6. The summed E-state index contributed by atoms with van der Waals surface area (Å²) in [4.78, 5) is 21.8. The quantitative estimate of drug-likeness (QED) is 0.475. The van der Waals surface area contributed by atoms with Gasteiger partial charge in [-0.3, -0.25) is 14.9 Å². The molecule has 0 aliphatic carbocycles. The first-order valence-electron chi connectivity index (χ1n) is 7.36. The average molecular weight is 343 g/mol. The fraction of sp³-hybridized carbons (Fsp3) is 0.176. The van der Waals surface area contributed by atoms with Crippen molar-refractivity contribution >= 4 is 17.8 Å². The number of nitrogens with one attached hydrogen (secondary N) is 1. The van der Waals surface area contributed by atoms with Crippen LogP contribution in [0.2, 0.25) is 0 Å². The molecule has 0 aliphatic rings. The monoisotopic (exact) mass is 343 g/mol. The number of phenolic OH excluding ortho intramolecular Hbond substituents is 1. The Labute approximate surface area is 143 Å². The number of ether oxygens (including phenoxy) is 1. The molecule has 2 aromatic rings. The van der Waals surface area contributed by atoms with E-state index in [1.165, 1.54) is 18.3 Å². The lowest BCUT2D eigenvalue weighted by Crippen LogP contribution is -2.24. The van der Waals surface area contributed by atoms with Gasteiger partial charge in [-0.25, -0.2) is 5.43 Å². The van der Waals surface area contributed by atoms with Crippen LogP contribution >= 0.6 is 0 Å². The van der Waals surface area contributed by atoms with Gasteiger partial charge in [-0.05, 0) is 43.2 Å². The predicted octanol–water partition coefficient (Wildman–Crippen LogP) is 2.45. The van der Waals surface area contributed by atoms with Gasteiger partial charge in [-0.15, -0.1) is 0 Å². The maximum Gasteiger partial charge on any atom is 0.311 e. The first kappa shape index (κ1) is 17.9. The number of aromatic hydroxyl groups is 1. The Bertz CT molecular complexity index is 833. The number of rotatable bonds is 6. The minimum absolute atomic E-state index is 0.211. The predicted molar refractivity (Wildman–Crippen MR) is 91.9 cm³/mol.